The molecule has 1 aromatic carbocycles. The number of rotatable bonds is 6. The largest absolute Gasteiger partial charge is 0.384 e. The molecule has 2 N–H and O–H groups in total. The maximum absolute atomic E-state index is 12.7. The topological polar surface area (TPSA) is 81.1 Å². The molecule has 0 aliphatic carbocycles. The minimum Gasteiger partial charge on any atom is -0.384 e. The lowest BCUT2D eigenvalue weighted by molar-refractivity contribution is 0.0510. The zero-order valence-corrected chi connectivity index (χ0v) is 15.8. The van der Waals surface area contributed by atoms with Crippen LogP contribution in [0.25, 0.3) is 5.69 Å². The predicted molar refractivity (Wildman–Crippen MR) is 99.9 cm³/mol. The standard InChI is InChI=1S/C18H24ClN5O2/c1-13-16(22-23-24(13)15-5-3-4-14(19)10-15)17(25)21-11-18(12-26-2)6-8-20-9-7-18/h3-5,10,20H,6-9,11-12H2,1-2H3,(H,21,25). The number of carbonyl (C=O) groups excluding carboxylic acids is 1. The molecule has 2 heterocycles. The number of amides is 1. The van der Waals surface area contributed by atoms with E-state index in [2.05, 4.69) is 20.9 Å². The summed E-state index contributed by atoms with van der Waals surface area (Å²) < 4.78 is 7.02. The third-order valence-corrected chi connectivity index (χ3v) is 5.14. The van der Waals surface area contributed by atoms with Crippen molar-refractivity contribution in [2.24, 2.45) is 5.41 Å². The summed E-state index contributed by atoms with van der Waals surface area (Å²) in [5.41, 5.74) is 1.74. The lowest BCUT2D eigenvalue weighted by atomic mass is 9.79. The molecule has 1 aromatic heterocycles. The molecule has 8 heteroatoms. The highest BCUT2D eigenvalue weighted by atomic mass is 35.5. The Kier molecular flexibility index (Phi) is 5.90. The number of hydrogen-bond acceptors (Lipinski definition) is 5. The summed E-state index contributed by atoms with van der Waals surface area (Å²) in [6.07, 6.45) is 1.94. The van der Waals surface area contributed by atoms with E-state index in [0.717, 1.165) is 31.6 Å². The van der Waals surface area contributed by atoms with E-state index in [4.69, 9.17) is 16.3 Å². The first-order valence-electron chi connectivity index (χ1n) is 8.71. The van der Waals surface area contributed by atoms with Crippen molar-refractivity contribution in [1.82, 2.24) is 25.6 Å². The quantitative estimate of drug-likeness (QED) is 0.804. The Hall–Kier alpha value is -1.96. The van der Waals surface area contributed by atoms with E-state index >= 15 is 0 Å². The van der Waals surface area contributed by atoms with Crippen LogP contribution < -0.4 is 10.6 Å². The predicted octanol–water partition coefficient (Wildman–Crippen LogP) is 1.98. The van der Waals surface area contributed by atoms with Gasteiger partial charge in [-0.05, 0) is 51.1 Å². The van der Waals surface area contributed by atoms with Gasteiger partial charge < -0.3 is 15.4 Å². The van der Waals surface area contributed by atoms with Gasteiger partial charge in [-0.15, -0.1) is 5.10 Å². The highest BCUT2D eigenvalue weighted by Crippen LogP contribution is 2.28. The van der Waals surface area contributed by atoms with Crippen LogP contribution in [-0.4, -0.2) is 54.3 Å². The van der Waals surface area contributed by atoms with E-state index < -0.39 is 0 Å². The van der Waals surface area contributed by atoms with Gasteiger partial charge >= 0.3 is 0 Å². The first kappa shape index (κ1) is 18.8. The number of methoxy groups -OCH3 is 1. The molecule has 0 spiro atoms. The van der Waals surface area contributed by atoms with Crippen molar-refractivity contribution < 1.29 is 9.53 Å². The van der Waals surface area contributed by atoms with Gasteiger partial charge in [-0.1, -0.05) is 22.9 Å². The lowest BCUT2D eigenvalue weighted by Gasteiger charge is -2.37. The van der Waals surface area contributed by atoms with E-state index in [1.807, 2.05) is 19.1 Å². The summed E-state index contributed by atoms with van der Waals surface area (Å²) in [6, 6.07) is 7.29. The van der Waals surface area contributed by atoms with Gasteiger partial charge in [-0.3, -0.25) is 4.79 Å². The monoisotopic (exact) mass is 377 g/mol. The fourth-order valence-electron chi connectivity index (χ4n) is 3.38. The van der Waals surface area contributed by atoms with Gasteiger partial charge in [-0.2, -0.15) is 0 Å². The Morgan fingerprint density at radius 1 is 1.42 bits per heavy atom. The maximum atomic E-state index is 12.7. The second-order valence-electron chi connectivity index (χ2n) is 6.78. The minimum absolute atomic E-state index is 0.0352. The van der Waals surface area contributed by atoms with E-state index in [1.165, 1.54) is 0 Å². The molecular weight excluding hydrogens is 354 g/mol. The fourth-order valence-corrected chi connectivity index (χ4v) is 3.56. The second kappa shape index (κ2) is 8.16. The van der Waals surface area contributed by atoms with Gasteiger partial charge in [0.2, 0.25) is 0 Å². The summed E-state index contributed by atoms with van der Waals surface area (Å²) in [5.74, 6) is -0.218. The number of nitrogens with one attached hydrogen (secondary N) is 2. The first-order valence-corrected chi connectivity index (χ1v) is 9.09. The molecule has 3 rings (SSSR count). The van der Waals surface area contributed by atoms with Gasteiger partial charge in [0, 0.05) is 24.1 Å². The lowest BCUT2D eigenvalue weighted by Crippen LogP contribution is -2.47. The average Bonchev–Trinajstić information content (AvgIpc) is 3.02. The number of piperidine rings is 1. The number of nitrogens with zero attached hydrogens (tertiary/aromatic N) is 3. The second-order valence-corrected chi connectivity index (χ2v) is 7.22. The Morgan fingerprint density at radius 2 is 2.19 bits per heavy atom. The maximum Gasteiger partial charge on any atom is 0.273 e. The van der Waals surface area contributed by atoms with E-state index in [9.17, 15) is 4.79 Å². The van der Waals surface area contributed by atoms with Gasteiger partial charge in [0.25, 0.3) is 5.91 Å². The van der Waals surface area contributed by atoms with Crippen LogP contribution in [0.3, 0.4) is 0 Å². The number of hydrogen-bond donors (Lipinski definition) is 2. The molecule has 1 fully saturated rings. The summed E-state index contributed by atoms with van der Waals surface area (Å²) in [4.78, 5) is 12.7. The third kappa shape index (κ3) is 4.06. The molecule has 0 unspecified atom stereocenters. The van der Waals surface area contributed by atoms with Gasteiger partial charge in [0.15, 0.2) is 5.69 Å². The molecule has 1 aliphatic heterocycles. The molecule has 0 saturated carbocycles. The molecule has 7 nitrogen and oxygen atoms in total. The average molecular weight is 378 g/mol. The molecule has 1 saturated heterocycles. The van der Waals surface area contributed by atoms with Gasteiger partial charge in [0.05, 0.1) is 18.0 Å². The molecule has 26 heavy (non-hydrogen) atoms. The fraction of sp³-hybridized carbons (Fsp3) is 0.500. The Morgan fingerprint density at radius 3 is 2.88 bits per heavy atom. The summed E-state index contributed by atoms with van der Waals surface area (Å²) >= 11 is 6.04. The van der Waals surface area contributed by atoms with Crippen molar-refractivity contribution in [3.05, 3.63) is 40.7 Å². The van der Waals surface area contributed by atoms with E-state index in [0.29, 0.717) is 29.6 Å². The van der Waals surface area contributed by atoms with Crippen LogP contribution >= 0.6 is 11.6 Å². The third-order valence-electron chi connectivity index (χ3n) is 4.90. The summed E-state index contributed by atoms with van der Waals surface area (Å²) in [6.45, 7) is 4.88. The van der Waals surface area contributed by atoms with Gasteiger partial charge in [-0.25, -0.2) is 4.68 Å². The molecule has 140 valence electrons. The summed E-state index contributed by atoms with van der Waals surface area (Å²) in [5, 5.41) is 15.2. The highest BCUT2D eigenvalue weighted by molar-refractivity contribution is 6.30. The number of aromatic nitrogens is 3. The highest BCUT2D eigenvalue weighted by Gasteiger charge is 2.33. The van der Waals surface area contributed by atoms with Crippen LogP contribution in [0, 0.1) is 12.3 Å². The zero-order valence-electron chi connectivity index (χ0n) is 15.1. The van der Waals surface area contributed by atoms with Crippen molar-refractivity contribution in [3.8, 4) is 5.69 Å². The number of benzene rings is 1. The Balaban J connectivity index is 1.72. The molecule has 0 bridgehead atoms. The SMILES string of the molecule is COCC1(CNC(=O)c2nnn(-c3cccc(Cl)c3)c2C)CCNCC1. The van der Waals surface area contributed by atoms with Crippen molar-refractivity contribution in [3.63, 3.8) is 0 Å². The Bertz CT molecular complexity index is 765. The molecule has 2 aromatic rings. The van der Waals surface area contributed by atoms with Crippen molar-refractivity contribution in [1.29, 1.82) is 0 Å². The number of ether oxygens (including phenoxy) is 1. The summed E-state index contributed by atoms with van der Waals surface area (Å²) in [7, 11) is 1.70. The van der Waals surface area contributed by atoms with Gasteiger partial charge in [0.1, 0.15) is 0 Å². The molecule has 0 radical (unpaired) electrons. The molecule has 1 aliphatic rings. The van der Waals surface area contributed by atoms with Crippen LogP contribution in [0.4, 0.5) is 0 Å². The molecule has 0 atom stereocenters. The number of carbonyl (C=O) groups is 1. The molecular formula is C18H24ClN5O2. The first-order chi connectivity index (χ1) is 12.5. The Labute approximate surface area is 158 Å². The van der Waals surface area contributed by atoms with E-state index in [-0.39, 0.29) is 11.3 Å². The van der Waals surface area contributed by atoms with Crippen LogP contribution in [-0.2, 0) is 4.74 Å². The molecule has 1 amide bonds. The van der Waals surface area contributed by atoms with E-state index in [1.54, 1.807) is 23.9 Å². The smallest absolute Gasteiger partial charge is 0.273 e. The van der Waals surface area contributed by atoms with Crippen LogP contribution in [0.15, 0.2) is 24.3 Å². The van der Waals surface area contributed by atoms with Crippen molar-refractivity contribution in [2.45, 2.75) is 19.8 Å². The number of halogens is 1. The van der Waals surface area contributed by atoms with Crippen LogP contribution in [0.5, 0.6) is 0 Å². The zero-order chi connectivity index (χ0) is 18.6. The van der Waals surface area contributed by atoms with Crippen molar-refractivity contribution >= 4 is 17.5 Å². The van der Waals surface area contributed by atoms with Crippen LogP contribution in [0.2, 0.25) is 5.02 Å². The minimum atomic E-state index is -0.218. The van der Waals surface area contributed by atoms with Crippen LogP contribution in [0.1, 0.15) is 29.0 Å². The van der Waals surface area contributed by atoms with Crippen molar-refractivity contribution in [2.75, 3.05) is 33.4 Å². The normalized spacial score (nSPS) is 16.4.